The van der Waals surface area contributed by atoms with E-state index in [1.54, 1.807) is 0 Å². The molecular weight excluding hydrogens is 292 g/mol. The van der Waals surface area contributed by atoms with Gasteiger partial charge in [-0.05, 0) is 43.7 Å². The molecule has 124 valence electrons. The van der Waals surface area contributed by atoms with Crippen molar-refractivity contribution in [3.8, 4) is 0 Å². The number of hydrogen-bond donors (Lipinski definition) is 2. The average molecular weight is 323 g/mol. The highest BCUT2D eigenvalue weighted by Crippen LogP contribution is 2.29. The first-order chi connectivity index (χ1) is 10.4. The van der Waals surface area contributed by atoms with E-state index in [4.69, 9.17) is 0 Å². The number of hydrogen-bond acceptors (Lipinski definition) is 2. The molecule has 4 heteroatoms. The number of anilines is 1. The maximum absolute atomic E-state index is 12.7. The number of nitrogens with one attached hydrogen (secondary N) is 1. The second-order valence-electron chi connectivity index (χ2n) is 6.04. The van der Waals surface area contributed by atoms with E-state index < -0.39 is 0 Å². The quantitative estimate of drug-likeness (QED) is 0.669. The molecule has 0 aromatic heterocycles. The average Bonchev–Trinajstić information content (AvgIpc) is 2.53. The number of thiol groups is 1. The molecule has 1 N–H and O–H groups in total. The Hall–Kier alpha value is -1.16. The zero-order chi connectivity index (χ0) is 16.8. The van der Waals surface area contributed by atoms with E-state index in [9.17, 15) is 4.79 Å². The summed E-state index contributed by atoms with van der Waals surface area (Å²) in [7, 11) is 0. The number of para-hydroxylation sites is 1. The van der Waals surface area contributed by atoms with Gasteiger partial charge in [-0.25, -0.2) is 9.10 Å². The van der Waals surface area contributed by atoms with Crippen LogP contribution >= 0.6 is 12.8 Å². The standard InChI is InChI=1S/C18H30N2OS/c1-6-13-18(5,9-4)19-17(21)20(22)16-14(7-2)11-10-12-15(16)8-3/h10-12,22H,6-9,13H2,1-5H3,(H,19,21). The molecule has 0 spiro atoms. The first kappa shape index (κ1) is 18.9. The van der Waals surface area contributed by atoms with Gasteiger partial charge in [-0.1, -0.05) is 65.1 Å². The van der Waals surface area contributed by atoms with Gasteiger partial charge >= 0.3 is 6.03 Å². The van der Waals surface area contributed by atoms with Crippen molar-refractivity contribution in [2.45, 2.75) is 72.3 Å². The number of nitrogens with zero attached hydrogens (tertiary/aromatic N) is 1. The summed E-state index contributed by atoms with van der Waals surface area (Å²) in [6.07, 6.45) is 4.68. The van der Waals surface area contributed by atoms with E-state index in [-0.39, 0.29) is 11.6 Å². The van der Waals surface area contributed by atoms with Crippen molar-refractivity contribution in [3.63, 3.8) is 0 Å². The lowest BCUT2D eigenvalue weighted by Crippen LogP contribution is -2.49. The normalized spacial score (nSPS) is 13.5. The number of carbonyl (C=O) groups excluding carboxylic acids is 1. The highest BCUT2D eigenvalue weighted by molar-refractivity contribution is 7.82. The molecule has 0 saturated carbocycles. The van der Waals surface area contributed by atoms with Gasteiger partial charge in [0, 0.05) is 5.54 Å². The smallest absolute Gasteiger partial charge is 0.332 e. The Kier molecular flexibility index (Phi) is 7.27. The molecule has 0 aliphatic carbocycles. The lowest BCUT2D eigenvalue weighted by Gasteiger charge is -2.32. The Morgan fingerprint density at radius 2 is 1.73 bits per heavy atom. The van der Waals surface area contributed by atoms with Crippen LogP contribution in [0.2, 0.25) is 0 Å². The first-order valence-electron chi connectivity index (χ1n) is 8.34. The monoisotopic (exact) mass is 322 g/mol. The predicted octanol–water partition coefficient (Wildman–Crippen LogP) is 5.14. The topological polar surface area (TPSA) is 32.3 Å². The summed E-state index contributed by atoms with van der Waals surface area (Å²) in [5.41, 5.74) is 3.06. The SMILES string of the molecule is CCCC(C)(CC)NC(=O)N(S)c1c(CC)cccc1CC. The largest absolute Gasteiger partial charge is 0.332 e. The van der Waals surface area contributed by atoms with Crippen molar-refractivity contribution >= 4 is 24.5 Å². The molecule has 0 heterocycles. The number of aryl methyl sites for hydroxylation is 2. The molecule has 2 amide bonds. The van der Waals surface area contributed by atoms with Gasteiger partial charge in [0.2, 0.25) is 0 Å². The summed E-state index contributed by atoms with van der Waals surface area (Å²) < 4.78 is 1.49. The maximum Gasteiger partial charge on any atom is 0.332 e. The number of amides is 2. The highest BCUT2D eigenvalue weighted by Gasteiger charge is 2.27. The molecule has 1 atom stereocenters. The van der Waals surface area contributed by atoms with E-state index in [1.807, 2.05) is 6.07 Å². The van der Waals surface area contributed by atoms with Gasteiger partial charge in [-0.3, -0.25) is 0 Å². The van der Waals surface area contributed by atoms with Gasteiger partial charge in [0.15, 0.2) is 0 Å². The van der Waals surface area contributed by atoms with Crippen LogP contribution in [0.25, 0.3) is 0 Å². The minimum atomic E-state index is -0.180. The zero-order valence-electron chi connectivity index (χ0n) is 14.6. The van der Waals surface area contributed by atoms with Crippen molar-refractivity contribution in [2.24, 2.45) is 0 Å². The minimum absolute atomic E-state index is 0.142. The van der Waals surface area contributed by atoms with E-state index in [0.29, 0.717) is 0 Å². The minimum Gasteiger partial charge on any atom is -0.332 e. The van der Waals surface area contributed by atoms with Crippen molar-refractivity contribution in [1.82, 2.24) is 5.32 Å². The predicted molar refractivity (Wildman–Crippen MR) is 98.8 cm³/mol. The third-order valence-corrected chi connectivity index (χ3v) is 4.74. The van der Waals surface area contributed by atoms with Gasteiger partial charge in [-0.15, -0.1) is 0 Å². The van der Waals surface area contributed by atoms with Crippen molar-refractivity contribution in [1.29, 1.82) is 0 Å². The Bertz CT molecular complexity index is 482. The van der Waals surface area contributed by atoms with Crippen LogP contribution in [0.4, 0.5) is 10.5 Å². The number of rotatable bonds is 7. The molecule has 0 aliphatic rings. The van der Waals surface area contributed by atoms with Gasteiger partial charge in [0.25, 0.3) is 0 Å². The third kappa shape index (κ3) is 4.42. The molecule has 1 rings (SSSR count). The second-order valence-corrected chi connectivity index (χ2v) is 6.44. The molecule has 1 aromatic carbocycles. The Morgan fingerprint density at radius 1 is 1.18 bits per heavy atom. The zero-order valence-corrected chi connectivity index (χ0v) is 15.5. The van der Waals surface area contributed by atoms with Crippen LogP contribution in [-0.4, -0.2) is 11.6 Å². The van der Waals surface area contributed by atoms with Gasteiger partial charge in [-0.2, -0.15) is 0 Å². The van der Waals surface area contributed by atoms with Crippen LogP contribution in [0.3, 0.4) is 0 Å². The Balaban J connectivity index is 3.05. The van der Waals surface area contributed by atoms with Crippen molar-refractivity contribution in [2.75, 3.05) is 4.31 Å². The van der Waals surface area contributed by atoms with Crippen molar-refractivity contribution in [3.05, 3.63) is 29.3 Å². The molecule has 1 aromatic rings. The van der Waals surface area contributed by atoms with Crippen LogP contribution in [0.5, 0.6) is 0 Å². The van der Waals surface area contributed by atoms with E-state index in [2.05, 4.69) is 64.9 Å². The molecule has 0 fully saturated rings. The van der Waals surface area contributed by atoms with E-state index >= 15 is 0 Å². The van der Waals surface area contributed by atoms with Crippen LogP contribution in [0.1, 0.15) is 65.0 Å². The highest BCUT2D eigenvalue weighted by atomic mass is 32.1. The summed E-state index contributed by atoms with van der Waals surface area (Å²) in [6.45, 7) is 10.6. The lowest BCUT2D eigenvalue weighted by molar-refractivity contribution is 0.232. The van der Waals surface area contributed by atoms with Crippen molar-refractivity contribution < 1.29 is 4.79 Å². The molecule has 22 heavy (non-hydrogen) atoms. The molecule has 0 radical (unpaired) electrons. The Labute approximate surface area is 141 Å². The van der Waals surface area contributed by atoms with Crippen LogP contribution in [0, 0.1) is 0 Å². The third-order valence-electron chi connectivity index (χ3n) is 4.36. The molecule has 0 aliphatic heterocycles. The maximum atomic E-state index is 12.7. The molecule has 1 unspecified atom stereocenters. The summed E-state index contributed by atoms with van der Waals surface area (Å²) in [6, 6.07) is 6.04. The van der Waals surface area contributed by atoms with Crippen LogP contribution < -0.4 is 9.62 Å². The van der Waals surface area contributed by atoms with Crippen LogP contribution in [0.15, 0.2) is 18.2 Å². The number of benzene rings is 1. The summed E-state index contributed by atoms with van der Waals surface area (Å²) in [5.74, 6) is 0. The fourth-order valence-electron chi connectivity index (χ4n) is 2.78. The summed E-state index contributed by atoms with van der Waals surface area (Å²) in [4.78, 5) is 12.7. The lowest BCUT2D eigenvalue weighted by atomic mass is 9.93. The van der Waals surface area contributed by atoms with Gasteiger partial charge in [0.1, 0.15) is 0 Å². The Morgan fingerprint density at radius 3 is 2.14 bits per heavy atom. The molecular formula is C18H30N2OS. The summed E-state index contributed by atoms with van der Waals surface area (Å²) in [5, 5.41) is 3.16. The van der Waals surface area contributed by atoms with E-state index in [1.165, 1.54) is 4.31 Å². The molecule has 0 bridgehead atoms. The second kappa shape index (κ2) is 8.47. The molecule has 0 saturated heterocycles. The first-order valence-corrected chi connectivity index (χ1v) is 8.74. The fraction of sp³-hybridized carbons (Fsp3) is 0.611. The van der Waals surface area contributed by atoms with Crippen LogP contribution in [-0.2, 0) is 12.8 Å². The van der Waals surface area contributed by atoms with Gasteiger partial charge < -0.3 is 5.32 Å². The van der Waals surface area contributed by atoms with Gasteiger partial charge in [0.05, 0.1) is 5.69 Å². The molecule has 3 nitrogen and oxygen atoms in total. The number of carbonyl (C=O) groups is 1. The van der Waals surface area contributed by atoms with E-state index in [0.717, 1.165) is 48.9 Å². The number of urea groups is 1. The summed E-state index contributed by atoms with van der Waals surface area (Å²) >= 11 is 4.50. The fourth-order valence-corrected chi connectivity index (χ4v) is 3.09.